The maximum atomic E-state index is 2.66. The van der Waals surface area contributed by atoms with Crippen molar-refractivity contribution in [3.8, 4) is 0 Å². The summed E-state index contributed by atoms with van der Waals surface area (Å²) in [6.07, 6.45) is 30.6. The van der Waals surface area contributed by atoms with Gasteiger partial charge in [-0.25, -0.2) is 0 Å². The Bertz CT molecular complexity index is 352. The minimum Gasteiger partial charge on any atom is -0.356 e. The lowest BCUT2D eigenvalue weighted by Gasteiger charge is -2.33. The van der Waals surface area contributed by atoms with Crippen molar-refractivity contribution in [3.05, 3.63) is 12.4 Å². The lowest BCUT2D eigenvalue weighted by molar-refractivity contribution is 0.136. The summed E-state index contributed by atoms with van der Waals surface area (Å²) in [6.45, 7) is 9.41. The van der Waals surface area contributed by atoms with Crippen molar-refractivity contribution in [2.75, 3.05) is 13.1 Å². The quantitative estimate of drug-likeness (QED) is 0.192. The van der Waals surface area contributed by atoms with Gasteiger partial charge in [-0.05, 0) is 25.7 Å². The molecule has 1 heterocycles. The fraction of sp³-hybridized carbons (Fsp3) is 0.923. The van der Waals surface area contributed by atoms with Crippen LogP contribution >= 0.6 is 0 Å². The summed E-state index contributed by atoms with van der Waals surface area (Å²) in [6, 6.07) is 0. The first-order chi connectivity index (χ1) is 13.8. The molecule has 0 saturated carbocycles. The highest BCUT2D eigenvalue weighted by molar-refractivity contribution is 4.96. The van der Waals surface area contributed by atoms with Crippen LogP contribution in [0, 0.1) is 0 Å². The zero-order valence-corrected chi connectivity index (χ0v) is 19.8. The minimum atomic E-state index is 0.645. The van der Waals surface area contributed by atoms with Gasteiger partial charge in [-0.1, -0.05) is 111 Å². The Morgan fingerprint density at radius 3 is 1.36 bits per heavy atom. The van der Waals surface area contributed by atoms with Gasteiger partial charge < -0.3 is 9.80 Å². The van der Waals surface area contributed by atoms with Crippen LogP contribution in [0.5, 0.6) is 0 Å². The van der Waals surface area contributed by atoms with Gasteiger partial charge in [-0.15, -0.1) is 0 Å². The highest BCUT2D eigenvalue weighted by Gasteiger charge is 2.24. The maximum Gasteiger partial charge on any atom is 0.101 e. The molecule has 0 bridgehead atoms. The van der Waals surface area contributed by atoms with Crippen molar-refractivity contribution < 1.29 is 0 Å². The number of hydrogen-bond donors (Lipinski definition) is 0. The average Bonchev–Trinajstić information content (AvgIpc) is 3.09. The van der Waals surface area contributed by atoms with E-state index in [1.807, 2.05) is 0 Å². The summed E-state index contributed by atoms with van der Waals surface area (Å²) in [5, 5.41) is 0. The van der Waals surface area contributed by atoms with Crippen molar-refractivity contribution in [3.63, 3.8) is 0 Å². The van der Waals surface area contributed by atoms with Crippen LogP contribution in [0.2, 0.25) is 0 Å². The summed E-state index contributed by atoms with van der Waals surface area (Å²) >= 11 is 0. The Labute approximate surface area is 178 Å². The highest BCUT2D eigenvalue weighted by Crippen LogP contribution is 2.23. The van der Waals surface area contributed by atoms with Gasteiger partial charge in [-0.3, -0.25) is 0 Å². The highest BCUT2D eigenvalue weighted by atomic mass is 15.4. The third-order valence-electron chi connectivity index (χ3n) is 6.32. The van der Waals surface area contributed by atoms with E-state index in [1.54, 1.807) is 0 Å². The van der Waals surface area contributed by atoms with E-state index in [0.29, 0.717) is 6.17 Å². The van der Waals surface area contributed by atoms with Gasteiger partial charge in [-0.2, -0.15) is 0 Å². The molecular formula is C26H52N2. The molecule has 1 unspecified atom stereocenters. The lowest BCUT2D eigenvalue weighted by atomic mass is 10.1. The van der Waals surface area contributed by atoms with Crippen molar-refractivity contribution in [1.82, 2.24) is 9.80 Å². The number of rotatable bonds is 20. The van der Waals surface area contributed by atoms with E-state index in [0.717, 1.165) is 0 Å². The van der Waals surface area contributed by atoms with E-state index in [1.165, 1.54) is 129 Å². The summed E-state index contributed by atoms with van der Waals surface area (Å²) < 4.78 is 0. The van der Waals surface area contributed by atoms with E-state index in [-0.39, 0.29) is 0 Å². The first-order valence-corrected chi connectivity index (χ1v) is 13.0. The molecule has 0 spiro atoms. The third kappa shape index (κ3) is 12.0. The van der Waals surface area contributed by atoms with Crippen LogP contribution in [-0.2, 0) is 0 Å². The van der Waals surface area contributed by atoms with Gasteiger partial charge in [0.15, 0.2) is 0 Å². The van der Waals surface area contributed by atoms with E-state index >= 15 is 0 Å². The second-order valence-electron chi connectivity index (χ2n) is 8.99. The predicted molar refractivity (Wildman–Crippen MR) is 126 cm³/mol. The van der Waals surface area contributed by atoms with E-state index < -0.39 is 0 Å². The molecule has 0 aromatic carbocycles. The van der Waals surface area contributed by atoms with Crippen LogP contribution in [0.1, 0.15) is 136 Å². The standard InChI is InChI=1S/C26H52N2/c1-4-7-10-12-14-16-18-20-23-28-25-24-27(22-9-6-3)26(28)21-19-17-15-13-11-8-5-2/h24-26H,4-23H2,1-3H3. The number of nitrogens with zero attached hydrogens (tertiary/aromatic N) is 2. The normalized spacial score (nSPS) is 16.5. The minimum absolute atomic E-state index is 0.645. The first-order valence-electron chi connectivity index (χ1n) is 13.0. The van der Waals surface area contributed by atoms with Gasteiger partial charge in [0, 0.05) is 25.5 Å². The summed E-state index contributed by atoms with van der Waals surface area (Å²) in [5.74, 6) is 0. The fourth-order valence-corrected chi connectivity index (χ4v) is 4.39. The molecule has 0 aromatic heterocycles. The molecule has 1 rings (SSSR count). The largest absolute Gasteiger partial charge is 0.356 e. The number of unbranched alkanes of at least 4 members (excludes halogenated alkanes) is 14. The summed E-state index contributed by atoms with van der Waals surface area (Å²) in [4.78, 5) is 5.29. The molecule has 0 aromatic rings. The molecule has 0 N–H and O–H groups in total. The van der Waals surface area contributed by atoms with E-state index in [9.17, 15) is 0 Å². The second kappa shape index (κ2) is 18.4. The van der Waals surface area contributed by atoms with Crippen molar-refractivity contribution in [2.45, 2.75) is 143 Å². The van der Waals surface area contributed by atoms with Gasteiger partial charge in [0.25, 0.3) is 0 Å². The summed E-state index contributed by atoms with van der Waals surface area (Å²) in [5.41, 5.74) is 0. The molecule has 0 fully saturated rings. The van der Waals surface area contributed by atoms with Crippen LogP contribution in [0.25, 0.3) is 0 Å². The lowest BCUT2D eigenvalue weighted by Crippen LogP contribution is -2.39. The molecule has 166 valence electrons. The van der Waals surface area contributed by atoms with Crippen LogP contribution in [0.3, 0.4) is 0 Å². The van der Waals surface area contributed by atoms with Crippen LogP contribution in [0.4, 0.5) is 0 Å². The SMILES string of the molecule is CCCCCCCCCCN1C=CN(CCCC)C1CCCCCCCCC. The smallest absolute Gasteiger partial charge is 0.101 e. The van der Waals surface area contributed by atoms with Gasteiger partial charge in [0.2, 0.25) is 0 Å². The average molecular weight is 393 g/mol. The van der Waals surface area contributed by atoms with Crippen molar-refractivity contribution in [1.29, 1.82) is 0 Å². The fourth-order valence-electron chi connectivity index (χ4n) is 4.39. The first kappa shape index (κ1) is 25.4. The van der Waals surface area contributed by atoms with Crippen LogP contribution in [0.15, 0.2) is 12.4 Å². The molecular weight excluding hydrogens is 340 g/mol. The molecule has 0 amide bonds. The van der Waals surface area contributed by atoms with E-state index in [4.69, 9.17) is 0 Å². The molecule has 1 atom stereocenters. The zero-order valence-electron chi connectivity index (χ0n) is 19.8. The van der Waals surface area contributed by atoms with Crippen LogP contribution < -0.4 is 0 Å². The molecule has 2 nitrogen and oxygen atoms in total. The second-order valence-corrected chi connectivity index (χ2v) is 8.99. The molecule has 1 aliphatic heterocycles. The predicted octanol–water partition coefficient (Wildman–Crippen LogP) is 8.48. The molecule has 0 radical (unpaired) electrons. The molecule has 1 aliphatic rings. The Morgan fingerprint density at radius 1 is 0.464 bits per heavy atom. The Kier molecular flexibility index (Phi) is 16.7. The maximum absolute atomic E-state index is 2.66. The third-order valence-corrected chi connectivity index (χ3v) is 6.32. The van der Waals surface area contributed by atoms with Gasteiger partial charge in [0.1, 0.15) is 6.17 Å². The number of hydrogen-bond acceptors (Lipinski definition) is 2. The van der Waals surface area contributed by atoms with Crippen molar-refractivity contribution >= 4 is 0 Å². The molecule has 2 heteroatoms. The van der Waals surface area contributed by atoms with Crippen LogP contribution in [-0.4, -0.2) is 29.1 Å². The van der Waals surface area contributed by atoms with E-state index in [2.05, 4.69) is 43.0 Å². The molecule has 0 aliphatic carbocycles. The molecule has 28 heavy (non-hydrogen) atoms. The van der Waals surface area contributed by atoms with Crippen molar-refractivity contribution in [2.24, 2.45) is 0 Å². The zero-order chi connectivity index (χ0) is 20.3. The van der Waals surface area contributed by atoms with Gasteiger partial charge in [0.05, 0.1) is 0 Å². The summed E-state index contributed by atoms with van der Waals surface area (Å²) in [7, 11) is 0. The topological polar surface area (TPSA) is 6.48 Å². The Balaban J connectivity index is 2.21. The van der Waals surface area contributed by atoms with Gasteiger partial charge >= 0.3 is 0 Å². The molecule has 0 saturated heterocycles. The Morgan fingerprint density at radius 2 is 0.857 bits per heavy atom. The monoisotopic (exact) mass is 392 g/mol. The Hall–Kier alpha value is -0.660.